The first-order valence-corrected chi connectivity index (χ1v) is 18.3. The van der Waals surface area contributed by atoms with Crippen LogP contribution in [0, 0.1) is 0 Å². The minimum Gasteiger partial charge on any atom is -0.268 e. The normalized spacial score (nSPS) is 14.6. The molecule has 0 saturated heterocycles. The van der Waals surface area contributed by atoms with Crippen molar-refractivity contribution in [1.29, 1.82) is 0 Å². The summed E-state index contributed by atoms with van der Waals surface area (Å²) >= 11 is 0. The van der Waals surface area contributed by atoms with Gasteiger partial charge in [0, 0.05) is 77.4 Å². The van der Waals surface area contributed by atoms with E-state index in [0.717, 1.165) is 57.5 Å². The predicted octanol–water partition coefficient (Wildman–Crippen LogP) is 12.6. The van der Waals surface area contributed by atoms with Gasteiger partial charge >= 0.3 is 0 Å². The van der Waals surface area contributed by atoms with E-state index in [0.29, 0.717) is 0 Å². The lowest BCUT2D eigenvalue weighted by molar-refractivity contribution is 1.41. The summed E-state index contributed by atoms with van der Waals surface area (Å²) in [4.78, 5) is 19.6. The molecule has 4 heteroatoms. The van der Waals surface area contributed by atoms with Gasteiger partial charge in [0.05, 0.1) is 16.7 Å². The Balaban J connectivity index is 1.31. The zero-order valence-electron chi connectivity index (χ0n) is 28.9. The van der Waals surface area contributed by atoms with E-state index in [4.69, 9.17) is 9.98 Å². The molecule has 1 aromatic heterocycles. The van der Waals surface area contributed by atoms with Crippen LogP contribution in [0.25, 0.3) is 87.9 Å². The average molecular weight is 677 g/mol. The van der Waals surface area contributed by atoms with Crippen LogP contribution in [0.3, 0.4) is 0 Å². The number of hydrogen-bond acceptors (Lipinski definition) is 4. The van der Waals surface area contributed by atoms with Gasteiger partial charge in [0.2, 0.25) is 0 Å². The first-order valence-electron chi connectivity index (χ1n) is 18.3. The lowest BCUT2D eigenvalue weighted by Gasteiger charge is -2.20. The van der Waals surface area contributed by atoms with Gasteiger partial charge in [-0.25, -0.2) is 4.98 Å². The number of aliphatic imine (C=N–C) groups is 3. The van der Waals surface area contributed by atoms with Crippen LogP contribution in [0.1, 0.15) is 29.5 Å². The highest BCUT2D eigenvalue weighted by atomic mass is 14.8. The first kappa shape index (κ1) is 29.9. The van der Waals surface area contributed by atoms with E-state index in [1.807, 2.05) is 31.0 Å². The van der Waals surface area contributed by atoms with Crippen molar-refractivity contribution in [3.8, 4) is 33.4 Å². The molecule has 0 radical (unpaired) electrons. The van der Waals surface area contributed by atoms with Crippen LogP contribution in [-0.4, -0.2) is 23.6 Å². The Kier molecular flexibility index (Phi) is 6.71. The van der Waals surface area contributed by atoms with Gasteiger partial charge in [0.15, 0.2) is 0 Å². The number of allylic oxidation sites excluding steroid dienone is 2. The maximum absolute atomic E-state index is 5.72. The summed E-state index contributed by atoms with van der Waals surface area (Å²) in [7, 11) is 0. The van der Waals surface area contributed by atoms with Crippen LogP contribution in [0.4, 0.5) is 5.69 Å². The summed E-state index contributed by atoms with van der Waals surface area (Å²) in [6.45, 7) is 0. The molecule has 8 aromatic rings. The summed E-state index contributed by atoms with van der Waals surface area (Å²) in [5.41, 5.74) is 16.3. The second-order valence-electron chi connectivity index (χ2n) is 14.1. The van der Waals surface area contributed by atoms with Gasteiger partial charge in [-0.1, -0.05) is 97.1 Å². The van der Waals surface area contributed by atoms with Gasteiger partial charge in [-0.05, 0) is 96.8 Å². The van der Waals surface area contributed by atoms with Gasteiger partial charge in [-0.2, -0.15) is 0 Å². The first-order chi connectivity index (χ1) is 26.3. The SMILES string of the molecule is C1=NC=C(c2cc3c(-c4cccc5c4CC=N5)c4cc(C5=CN=CC5)c5cc(-c6ccccc6)ccc5c4nc3c3ccc(-c4ccccc4)cc23)C1. The molecule has 0 fully saturated rings. The third-order valence-electron chi connectivity index (χ3n) is 11.1. The third-order valence-corrected chi connectivity index (χ3v) is 11.1. The Labute approximate surface area is 306 Å². The molecule has 0 unspecified atom stereocenters. The summed E-state index contributed by atoms with van der Waals surface area (Å²) < 4.78 is 0. The number of pyridine rings is 1. The van der Waals surface area contributed by atoms with Gasteiger partial charge in [0.1, 0.15) is 0 Å². The van der Waals surface area contributed by atoms with Crippen molar-refractivity contribution < 1.29 is 0 Å². The zero-order valence-corrected chi connectivity index (χ0v) is 28.9. The Bertz CT molecular complexity index is 2830. The number of nitrogens with zero attached hydrogens (tertiary/aromatic N) is 4. The fraction of sp³-hybridized carbons (Fsp3) is 0.0612. The van der Waals surface area contributed by atoms with E-state index in [2.05, 4.69) is 137 Å². The van der Waals surface area contributed by atoms with Crippen LogP contribution >= 0.6 is 0 Å². The van der Waals surface area contributed by atoms with Crippen molar-refractivity contribution in [3.63, 3.8) is 0 Å². The summed E-state index contributed by atoms with van der Waals surface area (Å²) in [5, 5.41) is 6.95. The summed E-state index contributed by atoms with van der Waals surface area (Å²) in [6, 6.07) is 46.4. The molecule has 7 aromatic carbocycles. The molecular weight excluding hydrogens is 645 g/mol. The molecule has 11 rings (SSSR count). The average Bonchev–Trinajstić information content (AvgIpc) is 4.04. The zero-order chi connectivity index (χ0) is 34.9. The van der Waals surface area contributed by atoms with E-state index < -0.39 is 0 Å². The van der Waals surface area contributed by atoms with Crippen molar-refractivity contribution >= 4 is 78.8 Å². The van der Waals surface area contributed by atoms with Crippen molar-refractivity contribution in [2.24, 2.45) is 15.0 Å². The quantitative estimate of drug-likeness (QED) is 0.132. The largest absolute Gasteiger partial charge is 0.268 e. The molecule has 248 valence electrons. The molecule has 0 aliphatic carbocycles. The molecule has 4 nitrogen and oxygen atoms in total. The highest BCUT2D eigenvalue weighted by Gasteiger charge is 2.24. The fourth-order valence-corrected chi connectivity index (χ4v) is 8.57. The van der Waals surface area contributed by atoms with Crippen molar-refractivity contribution in [3.05, 3.63) is 156 Å². The fourth-order valence-electron chi connectivity index (χ4n) is 8.57. The highest BCUT2D eigenvalue weighted by Crippen LogP contribution is 2.47. The van der Waals surface area contributed by atoms with E-state index in [9.17, 15) is 0 Å². The smallest absolute Gasteiger partial charge is 0.0795 e. The second-order valence-corrected chi connectivity index (χ2v) is 14.1. The third kappa shape index (κ3) is 4.76. The molecule has 4 heterocycles. The predicted molar refractivity (Wildman–Crippen MR) is 225 cm³/mol. The molecule has 0 amide bonds. The lowest BCUT2D eigenvalue weighted by Crippen LogP contribution is -1.98. The van der Waals surface area contributed by atoms with Gasteiger partial charge < -0.3 is 0 Å². The maximum Gasteiger partial charge on any atom is 0.0795 e. The minimum atomic E-state index is 0.799. The standard InChI is InChI=1S/C49H32N4/c1-3-8-30(9-4-1)32-14-16-38-42(24-32)40(34-18-21-50-28-34)26-44-47(37-12-7-13-46-36(37)20-23-52-46)45-27-41(35-19-22-51-29-35)43-25-33(31-10-5-2-6-11-31)15-17-39(43)49(45)53-48(38)44/h1-17,21-29H,18-20H2. The molecule has 0 bridgehead atoms. The molecular formula is C49H32N4. The summed E-state index contributed by atoms with van der Waals surface area (Å²) in [5.74, 6) is 0. The number of aromatic nitrogens is 1. The van der Waals surface area contributed by atoms with E-state index in [1.165, 1.54) is 72.0 Å². The maximum atomic E-state index is 5.72. The van der Waals surface area contributed by atoms with Crippen LogP contribution in [0.5, 0.6) is 0 Å². The number of benzene rings is 7. The number of hydrogen-bond donors (Lipinski definition) is 0. The molecule has 0 spiro atoms. The molecule has 0 saturated carbocycles. The molecule has 53 heavy (non-hydrogen) atoms. The molecule has 0 N–H and O–H groups in total. The number of rotatable bonds is 5. The van der Waals surface area contributed by atoms with E-state index >= 15 is 0 Å². The van der Waals surface area contributed by atoms with Gasteiger partial charge in [-0.3, -0.25) is 15.0 Å². The summed E-state index contributed by atoms with van der Waals surface area (Å²) in [6.07, 6.45) is 12.5. The van der Waals surface area contributed by atoms with Crippen LogP contribution in [-0.2, 0) is 6.42 Å². The molecule has 0 atom stereocenters. The van der Waals surface area contributed by atoms with E-state index in [-0.39, 0.29) is 0 Å². The second kappa shape index (κ2) is 11.9. The van der Waals surface area contributed by atoms with Crippen LogP contribution in [0.2, 0.25) is 0 Å². The van der Waals surface area contributed by atoms with Gasteiger partial charge in [-0.15, -0.1) is 0 Å². The molecule has 3 aliphatic rings. The van der Waals surface area contributed by atoms with Crippen molar-refractivity contribution in [2.75, 3.05) is 0 Å². The minimum absolute atomic E-state index is 0.799. The van der Waals surface area contributed by atoms with E-state index in [1.54, 1.807) is 0 Å². The Morgan fingerprint density at radius 1 is 0.396 bits per heavy atom. The monoisotopic (exact) mass is 676 g/mol. The van der Waals surface area contributed by atoms with Crippen molar-refractivity contribution in [1.82, 2.24) is 4.98 Å². The van der Waals surface area contributed by atoms with Crippen LogP contribution in [0.15, 0.2) is 155 Å². The Hall–Kier alpha value is -6.78. The Morgan fingerprint density at radius 2 is 0.962 bits per heavy atom. The highest BCUT2D eigenvalue weighted by molar-refractivity contribution is 6.25. The Morgan fingerprint density at radius 3 is 1.49 bits per heavy atom. The van der Waals surface area contributed by atoms with Gasteiger partial charge in [0.25, 0.3) is 0 Å². The van der Waals surface area contributed by atoms with Crippen LogP contribution < -0.4 is 0 Å². The lowest BCUT2D eigenvalue weighted by atomic mass is 9.84. The number of fused-ring (bicyclic) bond motifs is 7. The van der Waals surface area contributed by atoms with Crippen molar-refractivity contribution in [2.45, 2.75) is 19.3 Å². The topological polar surface area (TPSA) is 50.0 Å². The molecule has 3 aliphatic heterocycles.